The molecule has 0 aromatic heterocycles. The van der Waals surface area contributed by atoms with Crippen LogP contribution in [0.25, 0.3) is 6.08 Å². The zero-order valence-corrected chi connectivity index (χ0v) is 22.7. The highest BCUT2D eigenvalue weighted by atomic mass is 32.2. The summed E-state index contributed by atoms with van der Waals surface area (Å²) < 4.78 is 43.7. The number of anilines is 1. The second kappa shape index (κ2) is 14.5. The third-order valence-electron chi connectivity index (χ3n) is 5.64. The Morgan fingerprint density at radius 3 is 2.25 bits per heavy atom. The largest absolute Gasteiger partial charge is 0.495 e. The van der Waals surface area contributed by atoms with Crippen molar-refractivity contribution in [3.8, 4) is 17.2 Å². The lowest BCUT2D eigenvalue weighted by molar-refractivity contribution is -0.111. The summed E-state index contributed by atoms with van der Waals surface area (Å²) in [6.07, 6.45) is 7.49. The second-order valence-corrected chi connectivity index (χ2v) is 10.0. The van der Waals surface area contributed by atoms with Gasteiger partial charge in [0.05, 0.1) is 31.4 Å². The highest BCUT2D eigenvalue weighted by molar-refractivity contribution is 7.89. The lowest BCUT2D eigenvalue weighted by Crippen LogP contribution is -2.30. The molecule has 0 aliphatic carbocycles. The van der Waals surface area contributed by atoms with Crippen LogP contribution in [-0.4, -0.2) is 52.5 Å². The Morgan fingerprint density at radius 2 is 1.61 bits per heavy atom. The van der Waals surface area contributed by atoms with Gasteiger partial charge in [0.2, 0.25) is 15.9 Å². The molecule has 1 amide bonds. The number of unbranched alkanes of at least 4 members (excludes halogenated alkanes) is 3. The van der Waals surface area contributed by atoms with Crippen molar-refractivity contribution in [1.82, 2.24) is 4.31 Å². The third kappa shape index (κ3) is 7.99. The van der Waals surface area contributed by atoms with E-state index in [2.05, 4.69) is 12.2 Å². The number of carbonyl (C=O) groups is 1. The van der Waals surface area contributed by atoms with Crippen LogP contribution in [0.3, 0.4) is 0 Å². The summed E-state index contributed by atoms with van der Waals surface area (Å²) >= 11 is 0. The average Bonchev–Trinajstić information content (AvgIpc) is 2.88. The molecule has 0 unspecified atom stereocenters. The van der Waals surface area contributed by atoms with Crippen LogP contribution in [0.2, 0.25) is 0 Å². The van der Waals surface area contributed by atoms with E-state index in [9.17, 15) is 13.2 Å². The van der Waals surface area contributed by atoms with Crippen molar-refractivity contribution in [1.29, 1.82) is 0 Å². The van der Waals surface area contributed by atoms with Crippen molar-refractivity contribution in [3.05, 3.63) is 48.0 Å². The lowest BCUT2D eigenvalue weighted by Gasteiger charge is -2.19. The highest BCUT2D eigenvalue weighted by Crippen LogP contribution is 2.30. The SMILES string of the molecule is CCCCCCOc1ccc(/C=C/C(=O)Nc2cc(S(=O)(=O)N(CC)CC)ccc2OC)cc1OC. The fraction of sp³-hybridized carbons (Fsp3) is 0.444. The standard InChI is InChI=1S/C27H38N2O6S/c1-6-9-10-11-18-35-25-15-12-21(19-26(25)34-5)13-17-27(30)28-23-20-22(14-16-24(23)33-4)36(31,32)29(7-2)8-3/h12-17,19-20H,6-11,18H2,1-5H3,(H,28,30)/b17-13+. The summed E-state index contributed by atoms with van der Waals surface area (Å²) in [5.74, 6) is 1.17. The van der Waals surface area contributed by atoms with Crippen LogP contribution in [0, 0.1) is 0 Å². The number of nitrogens with zero attached hydrogens (tertiary/aromatic N) is 1. The molecule has 2 rings (SSSR count). The molecule has 0 heterocycles. The van der Waals surface area contributed by atoms with E-state index in [1.165, 1.54) is 48.5 Å². The number of benzene rings is 2. The Bertz CT molecular complexity index is 1130. The van der Waals surface area contributed by atoms with Crippen LogP contribution in [0.5, 0.6) is 17.2 Å². The fourth-order valence-electron chi connectivity index (χ4n) is 3.62. The van der Waals surface area contributed by atoms with E-state index < -0.39 is 15.9 Å². The number of amides is 1. The predicted octanol–water partition coefficient (Wildman–Crippen LogP) is 5.35. The quantitative estimate of drug-likeness (QED) is 0.252. The Morgan fingerprint density at radius 1 is 0.917 bits per heavy atom. The van der Waals surface area contributed by atoms with Gasteiger partial charge in [0.1, 0.15) is 5.75 Å². The summed E-state index contributed by atoms with van der Waals surface area (Å²) in [6.45, 7) is 7.04. The summed E-state index contributed by atoms with van der Waals surface area (Å²) in [4.78, 5) is 12.7. The molecule has 0 atom stereocenters. The predicted molar refractivity (Wildman–Crippen MR) is 143 cm³/mol. The smallest absolute Gasteiger partial charge is 0.248 e. The Kier molecular flexibility index (Phi) is 11.8. The first-order valence-electron chi connectivity index (χ1n) is 12.3. The van der Waals surface area contributed by atoms with Gasteiger partial charge in [-0.05, 0) is 48.4 Å². The van der Waals surface area contributed by atoms with E-state index in [1.54, 1.807) is 33.1 Å². The molecule has 0 radical (unpaired) electrons. The summed E-state index contributed by atoms with van der Waals surface area (Å²) in [6, 6.07) is 9.86. The minimum Gasteiger partial charge on any atom is -0.495 e. The van der Waals surface area contributed by atoms with Gasteiger partial charge in [-0.2, -0.15) is 4.31 Å². The van der Waals surface area contributed by atoms with Gasteiger partial charge in [-0.25, -0.2) is 8.42 Å². The molecule has 0 saturated carbocycles. The maximum Gasteiger partial charge on any atom is 0.248 e. The van der Waals surface area contributed by atoms with E-state index in [4.69, 9.17) is 14.2 Å². The van der Waals surface area contributed by atoms with E-state index in [-0.39, 0.29) is 10.6 Å². The topological polar surface area (TPSA) is 94.2 Å². The molecule has 0 spiro atoms. The average molecular weight is 519 g/mol. The molecule has 0 saturated heterocycles. The number of sulfonamides is 1. The molecule has 0 bridgehead atoms. The van der Waals surface area contributed by atoms with Crippen molar-refractivity contribution in [2.75, 3.05) is 39.2 Å². The zero-order chi connectivity index (χ0) is 26.6. The summed E-state index contributed by atoms with van der Waals surface area (Å²) in [5.41, 5.74) is 1.02. The van der Waals surface area contributed by atoms with Crippen molar-refractivity contribution in [2.45, 2.75) is 51.3 Å². The Labute approximate surface area is 215 Å². The molecule has 0 aliphatic heterocycles. The highest BCUT2D eigenvalue weighted by Gasteiger charge is 2.23. The zero-order valence-electron chi connectivity index (χ0n) is 21.9. The number of rotatable bonds is 15. The third-order valence-corrected chi connectivity index (χ3v) is 7.69. The number of hydrogen-bond donors (Lipinski definition) is 1. The van der Waals surface area contributed by atoms with Crippen molar-refractivity contribution in [2.24, 2.45) is 0 Å². The van der Waals surface area contributed by atoms with Crippen LogP contribution in [-0.2, 0) is 14.8 Å². The van der Waals surface area contributed by atoms with Gasteiger partial charge in [0.25, 0.3) is 0 Å². The molecule has 36 heavy (non-hydrogen) atoms. The van der Waals surface area contributed by atoms with Crippen molar-refractivity contribution < 1.29 is 27.4 Å². The van der Waals surface area contributed by atoms with Gasteiger partial charge in [-0.15, -0.1) is 0 Å². The number of carbonyl (C=O) groups excluding carboxylic acids is 1. The molecular formula is C27H38N2O6S. The van der Waals surface area contributed by atoms with Crippen LogP contribution >= 0.6 is 0 Å². The van der Waals surface area contributed by atoms with E-state index in [1.807, 2.05) is 12.1 Å². The lowest BCUT2D eigenvalue weighted by atomic mass is 10.2. The number of ether oxygens (including phenoxy) is 3. The summed E-state index contributed by atoms with van der Waals surface area (Å²) in [5, 5.41) is 2.71. The normalized spacial score (nSPS) is 11.6. The molecule has 2 aromatic carbocycles. The number of methoxy groups -OCH3 is 2. The van der Waals surface area contributed by atoms with E-state index >= 15 is 0 Å². The Balaban J connectivity index is 2.14. The van der Waals surface area contributed by atoms with E-state index in [0.29, 0.717) is 36.9 Å². The molecule has 2 aromatic rings. The molecule has 9 heteroatoms. The number of hydrogen-bond acceptors (Lipinski definition) is 6. The van der Waals surface area contributed by atoms with Gasteiger partial charge in [-0.1, -0.05) is 46.1 Å². The second-order valence-electron chi connectivity index (χ2n) is 8.09. The molecule has 1 N–H and O–H groups in total. The van der Waals surface area contributed by atoms with Crippen LogP contribution in [0.15, 0.2) is 47.4 Å². The minimum atomic E-state index is -3.68. The number of nitrogens with one attached hydrogen (secondary N) is 1. The van der Waals surface area contributed by atoms with Crippen LogP contribution in [0.4, 0.5) is 5.69 Å². The fourth-order valence-corrected chi connectivity index (χ4v) is 5.11. The summed E-state index contributed by atoms with van der Waals surface area (Å²) in [7, 11) is -0.649. The maximum absolute atomic E-state index is 12.9. The van der Waals surface area contributed by atoms with Crippen LogP contribution in [0.1, 0.15) is 52.0 Å². The van der Waals surface area contributed by atoms with Gasteiger partial charge >= 0.3 is 0 Å². The first kappa shape index (κ1) is 29.2. The van der Waals surface area contributed by atoms with Crippen molar-refractivity contribution >= 4 is 27.7 Å². The van der Waals surface area contributed by atoms with Crippen LogP contribution < -0.4 is 19.5 Å². The first-order valence-corrected chi connectivity index (χ1v) is 13.7. The first-order chi connectivity index (χ1) is 17.3. The molecule has 0 fully saturated rings. The molecule has 198 valence electrons. The van der Waals surface area contributed by atoms with Gasteiger partial charge in [0.15, 0.2) is 11.5 Å². The monoisotopic (exact) mass is 518 g/mol. The Hall–Kier alpha value is -3.04. The van der Waals surface area contributed by atoms with Crippen molar-refractivity contribution in [3.63, 3.8) is 0 Å². The minimum absolute atomic E-state index is 0.0845. The van der Waals surface area contributed by atoms with E-state index in [0.717, 1.165) is 18.4 Å². The van der Waals surface area contributed by atoms with Gasteiger partial charge < -0.3 is 19.5 Å². The molecular weight excluding hydrogens is 480 g/mol. The molecule has 8 nitrogen and oxygen atoms in total. The van der Waals surface area contributed by atoms with Gasteiger partial charge in [0, 0.05) is 19.2 Å². The van der Waals surface area contributed by atoms with Gasteiger partial charge in [-0.3, -0.25) is 4.79 Å². The maximum atomic E-state index is 12.9. The molecule has 0 aliphatic rings.